The summed E-state index contributed by atoms with van der Waals surface area (Å²) >= 11 is 5.80. The van der Waals surface area contributed by atoms with Crippen molar-refractivity contribution in [1.82, 2.24) is 26.2 Å². The molecule has 1 saturated heterocycles. The molecule has 0 spiro atoms. The summed E-state index contributed by atoms with van der Waals surface area (Å²) in [7, 11) is -0.721. The van der Waals surface area contributed by atoms with Gasteiger partial charge in [0, 0.05) is 43.9 Å². The van der Waals surface area contributed by atoms with Gasteiger partial charge in [-0.2, -0.15) is 17.6 Å². The highest BCUT2D eigenvalue weighted by Gasteiger charge is 2.51. The van der Waals surface area contributed by atoms with Crippen molar-refractivity contribution in [2.75, 3.05) is 58.5 Å². The topological polar surface area (TPSA) is 189 Å². The molecule has 1 fully saturated rings. The summed E-state index contributed by atoms with van der Waals surface area (Å²) in [6, 6.07) is 4.21. The number of rotatable bonds is 18. The molecule has 0 bridgehead atoms. The van der Waals surface area contributed by atoms with E-state index in [0.717, 1.165) is 19.2 Å². The number of alkyl halides is 4. The van der Waals surface area contributed by atoms with Crippen LogP contribution in [0.3, 0.4) is 0 Å². The number of benzene rings is 2. The lowest BCUT2D eigenvalue weighted by Gasteiger charge is -2.29. The van der Waals surface area contributed by atoms with Gasteiger partial charge in [-0.1, -0.05) is 49.7 Å². The molecule has 4 amide bonds. The number of hydrogen-bond acceptors (Lipinski definition) is 10. The third-order valence-electron chi connectivity index (χ3n) is 8.42. The van der Waals surface area contributed by atoms with E-state index in [2.05, 4.69) is 10.6 Å². The molecule has 1 aliphatic rings. The molecule has 0 aromatic heterocycles. The van der Waals surface area contributed by atoms with Gasteiger partial charge in [-0.15, -0.1) is 0 Å². The normalized spacial score (nSPS) is 16.4. The largest absolute Gasteiger partial charge is 0.497 e. The fraction of sp³-hybridized carbons (Fsp3) is 0.500. The van der Waals surface area contributed by atoms with Crippen LogP contribution in [-0.4, -0.2) is 119 Å². The zero-order valence-electron chi connectivity index (χ0n) is 29.8. The second-order valence-electron chi connectivity index (χ2n) is 12.7. The smallest absolute Gasteiger partial charge is 0.383 e. The number of nitrogens with one attached hydrogen (secondary N) is 4. The molecule has 298 valence electrons. The van der Waals surface area contributed by atoms with Gasteiger partial charge in [0.15, 0.2) is 9.84 Å². The van der Waals surface area contributed by atoms with Crippen LogP contribution in [-0.2, 0) is 44.5 Å². The molecule has 0 saturated carbocycles. The van der Waals surface area contributed by atoms with Crippen LogP contribution in [0.4, 0.5) is 17.6 Å². The maximum atomic E-state index is 15.3. The number of nitrogens with zero attached hydrogens (tertiary/aromatic N) is 1. The molecule has 0 unspecified atom stereocenters. The van der Waals surface area contributed by atoms with E-state index in [1.807, 2.05) is 10.6 Å². The minimum atomic E-state index is -4.63. The maximum absolute atomic E-state index is 15.3. The zero-order valence-corrected chi connectivity index (χ0v) is 31.4. The third-order valence-corrected chi connectivity index (χ3v) is 10.3. The van der Waals surface area contributed by atoms with Crippen LogP contribution in [0.25, 0.3) is 0 Å². The summed E-state index contributed by atoms with van der Waals surface area (Å²) in [5.74, 6) is -17.9. The van der Waals surface area contributed by atoms with Gasteiger partial charge in [-0.3, -0.25) is 28.9 Å². The van der Waals surface area contributed by atoms with Gasteiger partial charge in [0.25, 0.3) is 11.8 Å². The molecule has 1 heterocycles. The van der Waals surface area contributed by atoms with Crippen molar-refractivity contribution >= 4 is 50.9 Å². The van der Waals surface area contributed by atoms with Gasteiger partial charge in [0.05, 0.1) is 31.3 Å². The van der Waals surface area contributed by atoms with Crippen LogP contribution in [0.5, 0.6) is 5.75 Å². The average Bonchev–Trinajstić information content (AvgIpc) is 3.12. The monoisotopic (exact) mass is 807 g/mol. The van der Waals surface area contributed by atoms with Crippen molar-refractivity contribution in [3.8, 4) is 5.75 Å². The molecule has 1 aliphatic heterocycles. The lowest BCUT2D eigenvalue weighted by atomic mass is 9.94. The Kier molecular flexibility index (Phi) is 15.4. The van der Waals surface area contributed by atoms with Crippen molar-refractivity contribution < 1.29 is 59.4 Å². The summed E-state index contributed by atoms with van der Waals surface area (Å²) in [4.78, 5) is 67.4. The van der Waals surface area contributed by atoms with E-state index in [9.17, 15) is 32.4 Å². The molecule has 4 N–H and O–H groups in total. The van der Waals surface area contributed by atoms with Crippen LogP contribution in [0.1, 0.15) is 31.0 Å². The van der Waals surface area contributed by atoms with Crippen molar-refractivity contribution in [3.63, 3.8) is 0 Å². The van der Waals surface area contributed by atoms with Crippen molar-refractivity contribution in [2.24, 2.45) is 5.92 Å². The Balaban J connectivity index is 1.80. The Bertz CT molecular complexity index is 1770. The second kappa shape index (κ2) is 18.8. The highest BCUT2D eigenvalue weighted by molar-refractivity contribution is 7.91. The number of amides is 4. The van der Waals surface area contributed by atoms with Gasteiger partial charge >= 0.3 is 11.8 Å². The molecule has 0 radical (unpaired) electrons. The van der Waals surface area contributed by atoms with E-state index in [1.54, 1.807) is 4.90 Å². The average molecular weight is 808 g/mol. The molecular weight excluding hydrogens is 766 g/mol. The number of sulfone groups is 1. The number of hydrogen-bond donors (Lipinski definition) is 4. The van der Waals surface area contributed by atoms with Crippen molar-refractivity contribution in [3.05, 3.63) is 64.7 Å². The predicted molar refractivity (Wildman–Crippen MR) is 188 cm³/mol. The summed E-state index contributed by atoms with van der Waals surface area (Å²) in [6.07, 6.45) is 0. The first-order valence-electron chi connectivity index (χ1n) is 16.5. The van der Waals surface area contributed by atoms with Gasteiger partial charge in [0.2, 0.25) is 17.6 Å². The van der Waals surface area contributed by atoms with E-state index < -0.39 is 87.3 Å². The van der Waals surface area contributed by atoms with Gasteiger partial charge < -0.3 is 30.7 Å². The number of halogens is 5. The summed E-state index contributed by atoms with van der Waals surface area (Å²) in [6.45, 7) is 2.02. The molecule has 20 heteroatoms. The Morgan fingerprint density at radius 3 is 2.07 bits per heavy atom. The first-order valence-corrected chi connectivity index (χ1v) is 18.7. The zero-order chi connectivity index (χ0) is 40.4. The van der Waals surface area contributed by atoms with Crippen LogP contribution >= 0.6 is 11.6 Å². The Morgan fingerprint density at radius 1 is 0.889 bits per heavy atom. The summed E-state index contributed by atoms with van der Waals surface area (Å²) in [5.41, 5.74) is -0.743. The molecule has 3 rings (SSSR count). The minimum absolute atomic E-state index is 0.0263. The summed E-state index contributed by atoms with van der Waals surface area (Å²) in [5, 5.41) is 8.27. The lowest BCUT2D eigenvalue weighted by Crippen LogP contribution is -2.59. The van der Waals surface area contributed by atoms with Crippen LogP contribution in [0.15, 0.2) is 48.5 Å². The lowest BCUT2D eigenvalue weighted by molar-refractivity contribution is -0.161. The van der Waals surface area contributed by atoms with Crippen LogP contribution < -0.4 is 26.0 Å². The van der Waals surface area contributed by atoms with E-state index in [0.29, 0.717) is 5.75 Å². The quantitative estimate of drug-likeness (QED) is 0.127. The van der Waals surface area contributed by atoms with Crippen LogP contribution in [0, 0.1) is 5.92 Å². The summed E-state index contributed by atoms with van der Waals surface area (Å²) < 4.78 is 94.1. The van der Waals surface area contributed by atoms with E-state index >= 15 is 17.6 Å². The fourth-order valence-corrected chi connectivity index (χ4v) is 6.71. The van der Waals surface area contributed by atoms with Gasteiger partial charge in [0.1, 0.15) is 17.8 Å². The highest BCUT2D eigenvalue weighted by atomic mass is 35.5. The Hall–Kier alpha value is -4.33. The third kappa shape index (κ3) is 11.6. The number of carbonyl (C=O) groups excluding carboxylic acids is 5. The predicted octanol–water partition coefficient (Wildman–Crippen LogP) is 1.62. The number of carbonyl (C=O) groups is 5. The minimum Gasteiger partial charge on any atom is -0.497 e. The first kappa shape index (κ1) is 44.1. The molecular formula is C34H42ClF4N5O9S. The molecule has 54 heavy (non-hydrogen) atoms. The SMILES string of the molecule is COC[C@H](NC(=O)C(F)(F)c1cccc(Cl)c1)C(=O)N[C@H](C(=O)N[C@H](C(=O)C(F)(F)C(=O)NCCN1CCS(=O)(=O)CC1)C(C)C)c1ccc(OC)cc1. The fourth-order valence-electron chi connectivity index (χ4n) is 5.24. The Labute approximate surface area is 314 Å². The molecule has 14 nitrogen and oxygen atoms in total. The maximum Gasteiger partial charge on any atom is 0.383 e. The first-order chi connectivity index (χ1) is 25.2. The highest BCUT2D eigenvalue weighted by Crippen LogP contribution is 2.30. The number of Topliss-reactive ketones (excluding diaryl/α,β-unsaturated/α-hetero) is 1. The van der Waals surface area contributed by atoms with Crippen molar-refractivity contribution in [2.45, 2.75) is 43.8 Å². The number of ketones is 1. The van der Waals surface area contributed by atoms with Crippen molar-refractivity contribution in [1.29, 1.82) is 0 Å². The molecule has 2 aromatic carbocycles. The molecule has 3 atom stereocenters. The van der Waals surface area contributed by atoms with Gasteiger partial charge in [-0.05, 0) is 35.7 Å². The second-order valence-corrected chi connectivity index (χ2v) is 15.4. The van der Waals surface area contributed by atoms with E-state index in [-0.39, 0.29) is 48.3 Å². The molecule has 2 aromatic rings. The molecule has 0 aliphatic carbocycles. The van der Waals surface area contributed by atoms with E-state index in [4.69, 9.17) is 21.1 Å². The Morgan fingerprint density at radius 2 is 1.52 bits per heavy atom. The number of ether oxygens (including phenoxy) is 2. The standard InChI is InChI=1S/C34H42ClF4N5O9S/c1-20(2)26(28(45)34(38,39)31(48)40-12-13-44-14-16-54(50,51)17-15-44)42-30(47)27(21-8-10-24(53-4)11-9-21)43-29(46)25(19-52-3)41-32(49)33(36,37)22-6-5-7-23(35)18-22/h5-11,18,20,25-27H,12-17,19H2,1-4H3,(H,40,48)(H,41,49)(H,42,47)(H,43,46)/t25-,26-,27-/m0/s1. The van der Waals surface area contributed by atoms with Crippen LogP contribution in [0.2, 0.25) is 5.02 Å². The van der Waals surface area contributed by atoms with Gasteiger partial charge in [-0.25, -0.2) is 8.42 Å². The number of methoxy groups -OCH3 is 2. The van der Waals surface area contributed by atoms with E-state index in [1.165, 1.54) is 57.4 Å².